The van der Waals surface area contributed by atoms with E-state index in [1.807, 2.05) is 0 Å². The molecule has 39 heavy (non-hydrogen) atoms. The predicted molar refractivity (Wildman–Crippen MR) is 174 cm³/mol. The van der Waals surface area contributed by atoms with Gasteiger partial charge < -0.3 is 4.40 Å². The van der Waals surface area contributed by atoms with Crippen molar-refractivity contribution in [2.75, 3.05) is 0 Å². The van der Waals surface area contributed by atoms with Crippen LogP contribution in [-0.2, 0) is 12.8 Å². The fraction of sp³-hybridized carbons (Fsp3) is 0.526. The Morgan fingerprint density at radius 2 is 1.00 bits per heavy atom. The van der Waals surface area contributed by atoms with Gasteiger partial charge in [-0.25, -0.2) is 0 Å². The summed E-state index contributed by atoms with van der Waals surface area (Å²) in [5, 5.41) is 5.80. The molecule has 1 unspecified atom stereocenters. The maximum Gasteiger partial charge on any atom is 0.0620 e. The van der Waals surface area contributed by atoms with E-state index in [-0.39, 0.29) is 0 Å². The Labute approximate surface area is 237 Å². The highest BCUT2D eigenvalue weighted by Crippen LogP contribution is 2.42. The van der Waals surface area contributed by atoms with Crippen LogP contribution in [0.2, 0.25) is 0 Å². The average molecular weight is 522 g/mol. The summed E-state index contributed by atoms with van der Waals surface area (Å²) in [5.41, 5.74) is 8.68. The summed E-state index contributed by atoms with van der Waals surface area (Å²) in [6.45, 7) is 9.31. The molecule has 0 saturated carbocycles. The normalized spacial score (nSPS) is 13.0. The monoisotopic (exact) mass is 521 g/mol. The molecule has 0 aliphatic rings. The van der Waals surface area contributed by atoms with Gasteiger partial charge in [-0.3, -0.25) is 0 Å². The van der Waals surface area contributed by atoms with Crippen LogP contribution in [0.4, 0.5) is 0 Å². The molecule has 0 aliphatic carbocycles. The van der Waals surface area contributed by atoms with Gasteiger partial charge >= 0.3 is 0 Å². The van der Waals surface area contributed by atoms with Gasteiger partial charge in [-0.15, -0.1) is 0 Å². The number of rotatable bonds is 16. The standard InChI is InChI=1S/C38H51N/c1-5-8-10-12-14-16-18-29-20-22-36-32(24-29)34-26-31(28(4)7-3)27-35-33-25-30(19-17-15-13-11-9-6-2)21-23-37(33)39(36)38(34)35/h20-28H,5-19H2,1-4H3. The minimum atomic E-state index is 0.575. The Hall–Kier alpha value is -2.54. The third-order valence-corrected chi connectivity index (χ3v) is 9.36. The zero-order valence-corrected chi connectivity index (χ0v) is 25.2. The SMILES string of the molecule is CCCCCCCCc1ccc2c(c1)c1cc(C(C)CC)cc3c4cc(CCCCCCCC)ccc4n2c13. The maximum atomic E-state index is 2.57. The predicted octanol–water partition coefficient (Wildman–Crippen LogP) is 12.2. The number of nitrogens with zero attached hydrogens (tertiary/aromatic N) is 1. The zero-order valence-electron chi connectivity index (χ0n) is 25.2. The molecule has 0 saturated heterocycles. The summed E-state index contributed by atoms with van der Waals surface area (Å²) in [7, 11) is 0. The number of benzene rings is 3. The summed E-state index contributed by atoms with van der Waals surface area (Å²) < 4.78 is 2.57. The first-order valence-corrected chi connectivity index (χ1v) is 16.4. The third kappa shape index (κ3) is 5.98. The van der Waals surface area contributed by atoms with Crippen molar-refractivity contribution in [3.63, 3.8) is 0 Å². The molecule has 0 bridgehead atoms. The van der Waals surface area contributed by atoms with E-state index in [0.29, 0.717) is 5.92 Å². The van der Waals surface area contributed by atoms with E-state index in [1.165, 1.54) is 151 Å². The largest absolute Gasteiger partial charge is 0.308 e. The molecule has 0 amide bonds. The van der Waals surface area contributed by atoms with Crippen LogP contribution in [0.25, 0.3) is 38.1 Å². The second kappa shape index (κ2) is 13.2. The molecule has 2 heterocycles. The molecule has 0 aliphatic heterocycles. The molecule has 1 nitrogen and oxygen atoms in total. The van der Waals surface area contributed by atoms with Crippen LogP contribution >= 0.6 is 0 Å². The van der Waals surface area contributed by atoms with E-state index in [0.717, 1.165) is 0 Å². The quantitative estimate of drug-likeness (QED) is 0.114. The molecule has 1 atom stereocenters. The van der Waals surface area contributed by atoms with Crippen LogP contribution in [0.5, 0.6) is 0 Å². The average Bonchev–Trinajstić information content (AvgIpc) is 3.46. The van der Waals surface area contributed by atoms with Crippen molar-refractivity contribution in [2.45, 2.75) is 130 Å². The van der Waals surface area contributed by atoms with Gasteiger partial charge in [0, 0.05) is 21.5 Å². The lowest BCUT2D eigenvalue weighted by molar-refractivity contribution is 0.607. The van der Waals surface area contributed by atoms with Gasteiger partial charge in [0.05, 0.1) is 16.6 Å². The molecular formula is C38H51N. The van der Waals surface area contributed by atoms with Gasteiger partial charge in [0.2, 0.25) is 0 Å². The first-order valence-electron chi connectivity index (χ1n) is 16.4. The van der Waals surface area contributed by atoms with Crippen LogP contribution < -0.4 is 0 Å². The Bertz CT molecular complexity index is 1380. The summed E-state index contributed by atoms with van der Waals surface area (Å²) in [6, 6.07) is 19.7. The van der Waals surface area contributed by atoms with Crippen LogP contribution in [0.15, 0.2) is 48.5 Å². The fourth-order valence-corrected chi connectivity index (χ4v) is 6.72. The van der Waals surface area contributed by atoms with E-state index in [1.54, 1.807) is 0 Å². The number of aryl methyl sites for hydroxylation is 2. The van der Waals surface area contributed by atoms with Crippen molar-refractivity contribution in [1.29, 1.82) is 0 Å². The Kier molecular flexibility index (Phi) is 9.49. The second-order valence-corrected chi connectivity index (χ2v) is 12.3. The first kappa shape index (κ1) is 28.0. The van der Waals surface area contributed by atoms with Gasteiger partial charge in [-0.1, -0.05) is 104 Å². The molecule has 0 fully saturated rings. The van der Waals surface area contributed by atoms with Crippen molar-refractivity contribution in [2.24, 2.45) is 0 Å². The minimum Gasteiger partial charge on any atom is -0.308 e. The molecule has 2 aromatic heterocycles. The molecule has 3 aromatic carbocycles. The van der Waals surface area contributed by atoms with Crippen LogP contribution in [-0.4, -0.2) is 4.40 Å². The number of hydrogen-bond donors (Lipinski definition) is 0. The van der Waals surface area contributed by atoms with Crippen molar-refractivity contribution in [3.05, 3.63) is 65.2 Å². The summed E-state index contributed by atoms with van der Waals surface area (Å²) in [5.74, 6) is 0.575. The van der Waals surface area contributed by atoms with Crippen molar-refractivity contribution >= 4 is 38.1 Å². The Morgan fingerprint density at radius 3 is 1.46 bits per heavy atom. The molecule has 1 heteroatoms. The fourth-order valence-electron chi connectivity index (χ4n) is 6.72. The van der Waals surface area contributed by atoms with Crippen LogP contribution in [0, 0.1) is 0 Å². The van der Waals surface area contributed by atoms with Crippen molar-refractivity contribution in [1.82, 2.24) is 4.40 Å². The smallest absolute Gasteiger partial charge is 0.0620 e. The number of unbranched alkanes of at least 4 members (excludes halogenated alkanes) is 10. The van der Waals surface area contributed by atoms with E-state index < -0.39 is 0 Å². The molecule has 0 N–H and O–H groups in total. The molecule has 5 aromatic rings. The van der Waals surface area contributed by atoms with Crippen LogP contribution in [0.3, 0.4) is 0 Å². The number of hydrogen-bond acceptors (Lipinski definition) is 0. The minimum absolute atomic E-state index is 0.575. The molecular weight excluding hydrogens is 470 g/mol. The third-order valence-electron chi connectivity index (χ3n) is 9.36. The highest BCUT2D eigenvalue weighted by atomic mass is 14.9. The van der Waals surface area contributed by atoms with Gasteiger partial charge in [0.25, 0.3) is 0 Å². The molecule has 5 rings (SSSR count). The zero-order chi connectivity index (χ0) is 27.2. The lowest BCUT2D eigenvalue weighted by Crippen LogP contribution is -1.91. The second-order valence-electron chi connectivity index (χ2n) is 12.3. The number of fused-ring (bicyclic) bond motifs is 6. The first-order chi connectivity index (χ1) is 19.2. The van der Waals surface area contributed by atoms with Gasteiger partial charge in [0.1, 0.15) is 0 Å². The molecule has 208 valence electrons. The lowest BCUT2D eigenvalue weighted by Gasteiger charge is -2.10. The highest BCUT2D eigenvalue weighted by Gasteiger charge is 2.20. The number of aromatic nitrogens is 1. The van der Waals surface area contributed by atoms with Gasteiger partial charge in [-0.05, 0) is 91.1 Å². The lowest BCUT2D eigenvalue weighted by atomic mass is 9.94. The van der Waals surface area contributed by atoms with E-state index in [4.69, 9.17) is 0 Å². The maximum absolute atomic E-state index is 2.57. The van der Waals surface area contributed by atoms with Gasteiger partial charge in [0.15, 0.2) is 0 Å². The Morgan fingerprint density at radius 1 is 0.538 bits per heavy atom. The highest BCUT2D eigenvalue weighted by molar-refractivity contribution is 6.23. The molecule has 0 radical (unpaired) electrons. The summed E-state index contributed by atoms with van der Waals surface area (Å²) in [6.07, 6.45) is 19.9. The van der Waals surface area contributed by atoms with Crippen molar-refractivity contribution in [3.8, 4) is 0 Å². The topological polar surface area (TPSA) is 4.41 Å². The van der Waals surface area contributed by atoms with Crippen LogP contribution in [0.1, 0.15) is 134 Å². The Balaban J connectivity index is 1.49. The van der Waals surface area contributed by atoms with E-state index in [2.05, 4.69) is 80.6 Å². The summed E-state index contributed by atoms with van der Waals surface area (Å²) in [4.78, 5) is 0. The van der Waals surface area contributed by atoms with Crippen molar-refractivity contribution < 1.29 is 0 Å². The van der Waals surface area contributed by atoms with Gasteiger partial charge in [-0.2, -0.15) is 0 Å². The van der Waals surface area contributed by atoms with E-state index in [9.17, 15) is 0 Å². The summed E-state index contributed by atoms with van der Waals surface area (Å²) >= 11 is 0. The van der Waals surface area contributed by atoms with E-state index >= 15 is 0 Å². The molecule has 0 spiro atoms.